The minimum atomic E-state index is -3.30. The van der Waals surface area contributed by atoms with E-state index < -0.39 is 9.84 Å². The molecule has 0 saturated carbocycles. The molecule has 2 aromatic rings. The number of hydrogen-bond acceptors (Lipinski definition) is 4. The van der Waals surface area contributed by atoms with Crippen LogP contribution in [0, 0.1) is 5.82 Å². The predicted octanol–water partition coefficient (Wildman–Crippen LogP) is 1.96. The third-order valence-electron chi connectivity index (χ3n) is 3.15. The summed E-state index contributed by atoms with van der Waals surface area (Å²) in [5, 5.41) is 5.43. The van der Waals surface area contributed by atoms with E-state index in [1.54, 1.807) is 30.3 Å². The van der Waals surface area contributed by atoms with Crippen molar-refractivity contribution < 1.29 is 17.6 Å². The van der Waals surface area contributed by atoms with Crippen LogP contribution in [0.4, 0.5) is 10.1 Å². The molecule has 0 heterocycles. The smallest absolute Gasteiger partial charge is 0.239 e. The van der Waals surface area contributed by atoms with Crippen LogP contribution in [0.5, 0.6) is 0 Å². The van der Waals surface area contributed by atoms with Crippen LogP contribution in [0.2, 0.25) is 0 Å². The second-order valence-corrected chi connectivity index (χ2v) is 7.04. The molecule has 23 heavy (non-hydrogen) atoms. The van der Waals surface area contributed by atoms with Gasteiger partial charge in [0.15, 0.2) is 9.84 Å². The Balaban J connectivity index is 1.89. The molecule has 0 aliphatic carbocycles. The van der Waals surface area contributed by atoms with E-state index in [4.69, 9.17) is 0 Å². The van der Waals surface area contributed by atoms with Crippen molar-refractivity contribution in [1.29, 1.82) is 0 Å². The van der Waals surface area contributed by atoms with Gasteiger partial charge in [0.2, 0.25) is 5.91 Å². The molecule has 122 valence electrons. The topological polar surface area (TPSA) is 75.3 Å². The number of anilines is 1. The molecular formula is C16H17FN2O3S. The van der Waals surface area contributed by atoms with Gasteiger partial charge in [-0.15, -0.1) is 0 Å². The van der Waals surface area contributed by atoms with Crippen molar-refractivity contribution in [2.75, 3.05) is 18.1 Å². The Bertz CT molecular complexity index is 806. The highest BCUT2D eigenvalue weighted by atomic mass is 32.2. The van der Waals surface area contributed by atoms with Gasteiger partial charge in [0.1, 0.15) is 5.82 Å². The molecule has 5 nitrogen and oxygen atoms in total. The molecule has 0 radical (unpaired) electrons. The lowest BCUT2D eigenvalue weighted by atomic mass is 10.2. The normalized spacial score (nSPS) is 11.0. The summed E-state index contributed by atoms with van der Waals surface area (Å²) in [5.41, 5.74) is 0.925. The van der Waals surface area contributed by atoms with E-state index in [0.29, 0.717) is 11.3 Å². The Kier molecular flexibility index (Phi) is 5.33. The Morgan fingerprint density at radius 3 is 2.57 bits per heavy atom. The lowest BCUT2D eigenvalue weighted by Crippen LogP contribution is -2.29. The molecule has 0 spiro atoms. The van der Waals surface area contributed by atoms with Crippen molar-refractivity contribution in [3.05, 3.63) is 59.9 Å². The van der Waals surface area contributed by atoms with E-state index in [1.165, 1.54) is 18.2 Å². The Morgan fingerprint density at radius 1 is 1.13 bits per heavy atom. The van der Waals surface area contributed by atoms with Crippen LogP contribution in [0.1, 0.15) is 5.56 Å². The molecule has 0 fully saturated rings. The monoisotopic (exact) mass is 336 g/mol. The van der Waals surface area contributed by atoms with Gasteiger partial charge in [-0.05, 0) is 24.3 Å². The number of carbonyl (C=O) groups is 1. The summed E-state index contributed by atoms with van der Waals surface area (Å²) in [6.07, 6.45) is 1.12. The zero-order chi connectivity index (χ0) is 16.9. The number of benzene rings is 2. The fourth-order valence-electron chi connectivity index (χ4n) is 1.92. The summed E-state index contributed by atoms with van der Waals surface area (Å²) in [4.78, 5) is 11.9. The molecule has 0 aliphatic heterocycles. The van der Waals surface area contributed by atoms with Gasteiger partial charge in [-0.2, -0.15) is 0 Å². The summed E-state index contributed by atoms with van der Waals surface area (Å²) in [7, 11) is -3.30. The molecule has 2 rings (SSSR count). The second-order valence-electron chi connectivity index (χ2n) is 5.02. The van der Waals surface area contributed by atoms with Crippen molar-refractivity contribution >= 4 is 21.4 Å². The van der Waals surface area contributed by atoms with Gasteiger partial charge in [0.25, 0.3) is 0 Å². The second kappa shape index (κ2) is 7.23. The summed E-state index contributed by atoms with van der Waals surface area (Å²) in [6, 6.07) is 12.4. The number of hydrogen-bond donors (Lipinski definition) is 2. The molecule has 2 aromatic carbocycles. The van der Waals surface area contributed by atoms with Gasteiger partial charge in [-0.1, -0.05) is 24.3 Å². The SMILES string of the molecule is CS(=O)(=O)c1cccc(NCC(=O)NCc2ccccc2F)c1. The highest BCUT2D eigenvalue weighted by Gasteiger charge is 2.08. The maximum atomic E-state index is 13.4. The Morgan fingerprint density at radius 2 is 1.87 bits per heavy atom. The van der Waals surface area contributed by atoms with Crippen molar-refractivity contribution in [3.8, 4) is 0 Å². The molecule has 0 unspecified atom stereocenters. The Labute approximate surface area is 134 Å². The van der Waals surface area contributed by atoms with Crippen LogP contribution in [0.25, 0.3) is 0 Å². The van der Waals surface area contributed by atoms with Crippen LogP contribution in [-0.2, 0) is 21.2 Å². The average Bonchev–Trinajstić information content (AvgIpc) is 2.51. The van der Waals surface area contributed by atoms with E-state index >= 15 is 0 Å². The molecule has 2 N–H and O–H groups in total. The van der Waals surface area contributed by atoms with Gasteiger partial charge in [0.05, 0.1) is 11.4 Å². The first-order chi connectivity index (χ1) is 10.9. The largest absolute Gasteiger partial charge is 0.376 e. The Hall–Kier alpha value is -2.41. The predicted molar refractivity (Wildman–Crippen MR) is 86.3 cm³/mol. The van der Waals surface area contributed by atoms with Crippen molar-refractivity contribution in [1.82, 2.24) is 5.32 Å². The van der Waals surface area contributed by atoms with E-state index in [-0.39, 0.29) is 29.7 Å². The zero-order valence-corrected chi connectivity index (χ0v) is 13.4. The average molecular weight is 336 g/mol. The highest BCUT2D eigenvalue weighted by molar-refractivity contribution is 7.90. The zero-order valence-electron chi connectivity index (χ0n) is 12.5. The molecule has 0 aliphatic rings. The summed E-state index contributed by atoms with van der Waals surface area (Å²) < 4.78 is 36.4. The molecule has 0 atom stereocenters. The van der Waals surface area contributed by atoms with Gasteiger partial charge < -0.3 is 10.6 Å². The molecular weight excluding hydrogens is 319 g/mol. The summed E-state index contributed by atoms with van der Waals surface area (Å²) in [6.45, 7) is 0.0538. The van der Waals surface area contributed by atoms with Crippen molar-refractivity contribution in [3.63, 3.8) is 0 Å². The van der Waals surface area contributed by atoms with Crippen LogP contribution in [0.15, 0.2) is 53.4 Å². The minimum absolute atomic E-state index is 0.0400. The highest BCUT2D eigenvalue weighted by Crippen LogP contribution is 2.14. The quantitative estimate of drug-likeness (QED) is 0.845. The maximum Gasteiger partial charge on any atom is 0.239 e. The van der Waals surface area contributed by atoms with Crippen LogP contribution >= 0.6 is 0 Å². The first kappa shape index (κ1) is 17.0. The minimum Gasteiger partial charge on any atom is -0.376 e. The van der Waals surface area contributed by atoms with Gasteiger partial charge >= 0.3 is 0 Å². The number of rotatable bonds is 6. The number of halogens is 1. The maximum absolute atomic E-state index is 13.4. The molecule has 0 bridgehead atoms. The lowest BCUT2D eigenvalue weighted by Gasteiger charge is -2.09. The van der Waals surface area contributed by atoms with Crippen LogP contribution in [0.3, 0.4) is 0 Å². The summed E-state index contributed by atoms with van der Waals surface area (Å²) >= 11 is 0. The molecule has 7 heteroatoms. The first-order valence-corrected chi connectivity index (χ1v) is 8.79. The number of carbonyl (C=O) groups excluding carboxylic acids is 1. The molecule has 1 amide bonds. The van der Waals surface area contributed by atoms with Gasteiger partial charge in [-0.25, -0.2) is 12.8 Å². The van der Waals surface area contributed by atoms with Gasteiger partial charge in [0, 0.05) is 24.1 Å². The number of sulfone groups is 1. The fraction of sp³-hybridized carbons (Fsp3) is 0.188. The van der Waals surface area contributed by atoms with E-state index in [0.717, 1.165) is 6.26 Å². The molecule has 0 saturated heterocycles. The van der Waals surface area contributed by atoms with Gasteiger partial charge in [-0.3, -0.25) is 4.79 Å². The summed E-state index contributed by atoms with van der Waals surface area (Å²) in [5.74, 6) is -0.695. The van der Waals surface area contributed by atoms with E-state index in [9.17, 15) is 17.6 Å². The van der Waals surface area contributed by atoms with E-state index in [1.807, 2.05) is 0 Å². The molecule has 0 aromatic heterocycles. The third-order valence-corrected chi connectivity index (χ3v) is 4.26. The lowest BCUT2D eigenvalue weighted by molar-refractivity contribution is -0.119. The van der Waals surface area contributed by atoms with Crippen molar-refractivity contribution in [2.45, 2.75) is 11.4 Å². The van der Waals surface area contributed by atoms with Crippen molar-refractivity contribution in [2.24, 2.45) is 0 Å². The standard InChI is InChI=1S/C16H17FN2O3S/c1-23(21,22)14-7-4-6-13(9-14)18-11-16(20)19-10-12-5-2-3-8-15(12)17/h2-9,18H,10-11H2,1H3,(H,19,20). The van der Waals surface area contributed by atoms with E-state index in [2.05, 4.69) is 10.6 Å². The fourth-order valence-corrected chi connectivity index (χ4v) is 2.58. The number of amides is 1. The number of nitrogens with one attached hydrogen (secondary N) is 2. The van der Waals surface area contributed by atoms with Crippen LogP contribution < -0.4 is 10.6 Å². The first-order valence-electron chi connectivity index (χ1n) is 6.90. The van der Waals surface area contributed by atoms with Crippen LogP contribution in [-0.4, -0.2) is 27.1 Å². The third kappa shape index (κ3) is 5.07.